The summed E-state index contributed by atoms with van der Waals surface area (Å²) >= 11 is 0. The molecule has 1 rings (SSSR count). The Morgan fingerprint density at radius 3 is 2.28 bits per heavy atom. The van der Waals surface area contributed by atoms with Crippen molar-refractivity contribution in [3.63, 3.8) is 0 Å². The third kappa shape index (κ3) is 3.45. The van der Waals surface area contributed by atoms with Gasteiger partial charge in [-0.05, 0) is 36.2 Å². The second-order valence-electron chi connectivity index (χ2n) is 4.51. The normalized spacial score (nSPS) is 14.0. The van der Waals surface area contributed by atoms with E-state index in [2.05, 4.69) is 5.32 Å². The zero-order valence-electron chi connectivity index (χ0n) is 10.6. The van der Waals surface area contributed by atoms with E-state index in [4.69, 9.17) is 0 Å². The van der Waals surface area contributed by atoms with Crippen molar-refractivity contribution >= 4 is 0 Å². The molecule has 0 heterocycles. The van der Waals surface area contributed by atoms with Crippen molar-refractivity contribution in [2.45, 2.75) is 33.0 Å². The third-order valence-corrected chi connectivity index (χ3v) is 2.74. The quantitative estimate of drug-likeness (QED) is 0.805. The molecule has 0 radical (unpaired) electrons. The maximum Gasteiger partial charge on any atom is 0.416 e. The highest BCUT2D eigenvalue weighted by Gasteiger charge is 2.35. The zero-order valence-corrected chi connectivity index (χ0v) is 10.6. The molecule has 0 bridgehead atoms. The number of alkyl halides is 3. The first kappa shape index (κ1) is 15.0. The van der Waals surface area contributed by atoms with E-state index in [1.807, 2.05) is 6.92 Å². The highest BCUT2D eigenvalue weighted by Crippen LogP contribution is 2.36. The lowest BCUT2D eigenvalue weighted by molar-refractivity contribution is -0.138. The Bertz CT molecular complexity index is 398. The average Bonchev–Trinajstić information content (AvgIpc) is 2.23. The van der Waals surface area contributed by atoms with Gasteiger partial charge in [0.05, 0.1) is 5.56 Å². The van der Waals surface area contributed by atoms with Gasteiger partial charge in [0.2, 0.25) is 0 Å². The zero-order chi connectivity index (χ0) is 13.9. The number of rotatable bonds is 4. The summed E-state index contributed by atoms with van der Waals surface area (Å²) in [6.07, 6.45) is -4.47. The Kier molecular flexibility index (Phi) is 4.73. The first-order valence-corrected chi connectivity index (χ1v) is 5.87. The maximum atomic E-state index is 13.2. The minimum absolute atomic E-state index is 0.0284. The molecule has 1 aromatic rings. The Morgan fingerprint density at radius 2 is 1.83 bits per heavy atom. The van der Waals surface area contributed by atoms with Gasteiger partial charge in [0.25, 0.3) is 0 Å². The van der Waals surface area contributed by atoms with Crippen LogP contribution in [0.3, 0.4) is 0 Å². The molecule has 1 N–H and O–H groups in total. The molecule has 102 valence electrons. The lowest BCUT2D eigenvalue weighted by Crippen LogP contribution is -2.28. The Labute approximate surface area is 104 Å². The van der Waals surface area contributed by atoms with E-state index in [1.54, 1.807) is 13.8 Å². The Morgan fingerprint density at radius 1 is 1.22 bits per heavy atom. The molecule has 1 nitrogen and oxygen atoms in total. The number of hydrogen-bond donors (Lipinski definition) is 1. The largest absolute Gasteiger partial charge is 0.416 e. The summed E-state index contributed by atoms with van der Waals surface area (Å²) in [7, 11) is 0. The molecular formula is C13H17F4N. The maximum absolute atomic E-state index is 13.2. The van der Waals surface area contributed by atoms with Crippen molar-refractivity contribution in [1.82, 2.24) is 5.32 Å². The molecule has 1 unspecified atom stereocenters. The van der Waals surface area contributed by atoms with E-state index < -0.39 is 23.6 Å². The fourth-order valence-electron chi connectivity index (χ4n) is 1.97. The van der Waals surface area contributed by atoms with E-state index in [0.29, 0.717) is 6.54 Å². The fourth-order valence-corrected chi connectivity index (χ4v) is 1.97. The molecular weight excluding hydrogens is 246 g/mol. The van der Waals surface area contributed by atoms with Gasteiger partial charge in [-0.25, -0.2) is 4.39 Å². The molecule has 0 saturated carbocycles. The van der Waals surface area contributed by atoms with Crippen LogP contribution in [0, 0.1) is 11.7 Å². The third-order valence-electron chi connectivity index (χ3n) is 2.74. The topological polar surface area (TPSA) is 12.0 Å². The first-order valence-electron chi connectivity index (χ1n) is 5.87. The minimum atomic E-state index is -4.47. The van der Waals surface area contributed by atoms with Crippen LogP contribution in [0.25, 0.3) is 0 Å². The van der Waals surface area contributed by atoms with E-state index in [1.165, 1.54) is 0 Å². The van der Waals surface area contributed by atoms with E-state index in [0.717, 1.165) is 18.2 Å². The van der Waals surface area contributed by atoms with Gasteiger partial charge in [-0.1, -0.05) is 20.8 Å². The van der Waals surface area contributed by atoms with Gasteiger partial charge in [-0.3, -0.25) is 0 Å². The van der Waals surface area contributed by atoms with Gasteiger partial charge in [-0.2, -0.15) is 13.2 Å². The molecule has 0 saturated heterocycles. The van der Waals surface area contributed by atoms with Crippen LogP contribution in [0.2, 0.25) is 0 Å². The second-order valence-corrected chi connectivity index (χ2v) is 4.51. The van der Waals surface area contributed by atoms with Crippen LogP contribution < -0.4 is 5.32 Å². The molecule has 1 aromatic carbocycles. The monoisotopic (exact) mass is 263 g/mol. The smallest absolute Gasteiger partial charge is 0.310 e. The van der Waals surface area contributed by atoms with Crippen molar-refractivity contribution in [2.24, 2.45) is 5.92 Å². The van der Waals surface area contributed by atoms with E-state index >= 15 is 0 Å². The van der Waals surface area contributed by atoms with Crippen molar-refractivity contribution in [3.8, 4) is 0 Å². The molecule has 0 aromatic heterocycles. The summed E-state index contributed by atoms with van der Waals surface area (Å²) in [5.74, 6) is -0.714. The first-order chi connectivity index (χ1) is 8.27. The molecule has 1 atom stereocenters. The molecule has 0 fully saturated rings. The Balaban J connectivity index is 3.30. The molecule has 0 amide bonds. The lowest BCUT2D eigenvalue weighted by atomic mass is 9.91. The molecule has 0 aliphatic rings. The lowest BCUT2D eigenvalue weighted by Gasteiger charge is -2.25. The predicted octanol–water partition coefficient (Wildman–Crippen LogP) is 4.15. The molecule has 18 heavy (non-hydrogen) atoms. The molecule has 0 aliphatic carbocycles. The summed E-state index contributed by atoms with van der Waals surface area (Å²) in [6.45, 7) is 5.94. The molecule has 5 heteroatoms. The standard InChI is InChI=1S/C13H17F4N/c1-4-18-12(8(2)3)10-7-9(14)5-6-11(10)13(15,16)17/h5-8,12,18H,4H2,1-3H3. The minimum Gasteiger partial charge on any atom is -0.310 e. The van der Waals surface area contributed by atoms with Crippen LogP contribution in [0.5, 0.6) is 0 Å². The number of hydrogen-bond acceptors (Lipinski definition) is 1. The van der Waals surface area contributed by atoms with Crippen LogP contribution in [0.1, 0.15) is 37.9 Å². The highest BCUT2D eigenvalue weighted by molar-refractivity contribution is 5.33. The predicted molar refractivity (Wildman–Crippen MR) is 62.7 cm³/mol. The van der Waals surface area contributed by atoms with Crippen LogP contribution in [0.4, 0.5) is 17.6 Å². The van der Waals surface area contributed by atoms with Crippen LogP contribution in [0.15, 0.2) is 18.2 Å². The van der Waals surface area contributed by atoms with Gasteiger partial charge in [0.15, 0.2) is 0 Å². The van der Waals surface area contributed by atoms with Gasteiger partial charge < -0.3 is 5.32 Å². The fraction of sp³-hybridized carbons (Fsp3) is 0.538. The highest BCUT2D eigenvalue weighted by atomic mass is 19.4. The molecule has 0 spiro atoms. The summed E-state index contributed by atoms with van der Waals surface area (Å²) in [4.78, 5) is 0. The van der Waals surface area contributed by atoms with Crippen molar-refractivity contribution in [2.75, 3.05) is 6.54 Å². The van der Waals surface area contributed by atoms with Crippen molar-refractivity contribution in [1.29, 1.82) is 0 Å². The van der Waals surface area contributed by atoms with E-state index in [-0.39, 0.29) is 11.5 Å². The average molecular weight is 263 g/mol. The summed E-state index contributed by atoms with van der Waals surface area (Å²) in [5, 5.41) is 2.97. The number of nitrogens with one attached hydrogen (secondary N) is 1. The molecule has 0 aliphatic heterocycles. The second kappa shape index (κ2) is 5.69. The van der Waals surface area contributed by atoms with Gasteiger partial charge in [0, 0.05) is 6.04 Å². The summed E-state index contributed by atoms with van der Waals surface area (Å²) in [5.41, 5.74) is -0.803. The summed E-state index contributed by atoms with van der Waals surface area (Å²) in [6, 6.07) is 2.10. The van der Waals surface area contributed by atoms with Gasteiger partial charge in [-0.15, -0.1) is 0 Å². The van der Waals surface area contributed by atoms with Crippen LogP contribution >= 0.6 is 0 Å². The van der Waals surface area contributed by atoms with Gasteiger partial charge >= 0.3 is 6.18 Å². The van der Waals surface area contributed by atoms with Crippen LogP contribution in [-0.4, -0.2) is 6.54 Å². The number of benzene rings is 1. The van der Waals surface area contributed by atoms with E-state index in [9.17, 15) is 17.6 Å². The van der Waals surface area contributed by atoms with Crippen molar-refractivity contribution in [3.05, 3.63) is 35.1 Å². The summed E-state index contributed by atoms with van der Waals surface area (Å²) < 4.78 is 51.9. The van der Waals surface area contributed by atoms with Gasteiger partial charge in [0.1, 0.15) is 5.82 Å². The van der Waals surface area contributed by atoms with Crippen LogP contribution in [-0.2, 0) is 6.18 Å². The Hall–Kier alpha value is -1.10. The number of halogens is 4. The SMILES string of the molecule is CCNC(c1cc(F)ccc1C(F)(F)F)C(C)C. The van der Waals surface area contributed by atoms with Crippen molar-refractivity contribution < 1.29 is 17.6 Å².